The van der Waals surface area contributed by atoms with Crippen LogP contribution in [-0.2, 0) is 23.4 Å². The number of nitrogens with one attached hydrogen (secondary N) is 2. The molecule has 2 aromatic heterocycles. The molecule has 0 amide bonds. The Hall–Kier alpha value is -3.14. The molecule has 0 bridgehead atoms. The highest BCUT2D eigenvalue weighted by atomic mass is 35.5. The molecule has 1 aromatic carbocycles. The van der Waals surface area contributed by atoms with E-state index in [1.807, 2.05) is 0 Å². The number of hydrogen-bond acceptors (Lipinski definition) is 12. The van der Waals surface area contributed by atoms with Crippen LogP contribution in [0.15, 0.2) is 36.7 Å². The molecular weight excluding hydrogens is 615 g/mol. The van der Waals surface area contributed by atoms with Gasteiger partial charge in [-0.3, -0.25) is 13.9 Å². The minimum atomic E-state index is -4.40. The smallest absolute Gasteiger partial charge is 0.459 e. The van der Waals surface area contributed by atoms with Crippen molar-refractivity contribution in [3.63, 3.8) is 0 Å². The summed E-state index contributed by atoms with van der Waals surface area (Å²) < 4.78 is 65.9. The number of nitrogens with zero attached hydrogens (tertiary/aromatic N) is 4. The number of hydrogen-bond donors (Lipinski definition) is 4. The van der Waals surface area contributed by atoms with Crippen molar-refractivity contribution in [2.24, 2.45) is 0 Å². The monoisotopic (exact) mass is 645 g/mol. The molecule has 1 aliphatic heterocycles. The van der Waals surface area contributed by atoms with Gasteiger partial charge in [0.1, 0.15) is 24.0 Å². The largest absolute Gasteiger partial charge is 0.465 e. The van der Waals surface area contributed by atoms with Crippen LogP contribution in [-0.4, -0.2) is 79.4 Å². The molecule has 3 heterocycles. The van der Waals surface area contributed by atoms with E-state index < -0.39 is 56.1 Å². The van der Waals surface area contributed by atoms with Gasteiger partial charge in [-0.25, -0.2) is 18.3 Å². The predicted octanol–water partition coefficient (Wildman–Crippen LogP) is 3.23. The topological polar surface area (TPSA) is 185 Å². The first-order valence-corrected chi connectivity index (χ1v) is 15.4. The van der Waals surface area contributed by atoms with Gasteiger partial charge >= 0.3 is 13.7 Å². The number of rotatable bonds is 13. The number of carbonyl (C=O) groups excluding carboxylic acids is 1. The summed E-state index contributed by atoms with van der Waals surface area (Å²) in [4.78, 5) is 22.1. The molecule has 0 unspecified atom stereocenters. The van der Waals surface area contributed by atoms with Gasteiger partial charge in [-0.2, -0.15) is 15.1 Å². The molecule has 18 heteroatoms. The molecule has 234 valence electrons. The van der Waals surface area contributed by atoms with Crippen LogP contribution < -0.4 is 20.7 Å². The lowest BCUT2D eigenvalue weighted by Crippen LogP contribution is -2.48. The highest BCUT2D eigenvalue weighted by Crippen LogP contribution is 2.51. The number of aliphatic hydroxyl groups excluding tert-OH is 1. The maximum atomic E-state index is 14.6. The Labute approximate surface area is 249 Å². The Balaban J connectivity index is 1.41. The summed E-state index contributed by atoms with van der Waals surface area (Å²) in [6.45, 7) is 2.32. The first-order valence-electron chi connectivity index (χ1n) is 13.5. The van der Waals surface area contributed by atoms with Crippen LogP contribution >= 0.6 is 19.3 Å². The predicted molar refractivity (Wildman–Crippen MR) is 151 cm³/mol. The molecule has 2 aliphatic rings. The number of aliphatic hydroxyl groups is 1. The Bertz CT molecular complexity index is 1500. The number of carbonyl (C=O) groups is 1. The molecule has 5 N–H and O–H groups in total. The number of ether oxygens (including phenoxy) is 2. The number of para-hydroxylation sites is 1. The van der Waals surface area contributed by atoms with Crippen molar-refractivity contribution in [1.29, 1.82) is 0 Å². The third kappa shape index (κ3) is 6.54. The van der Waals surface area contributed by atoms with Gasteiger partial charge in [0.2, 0.25) is 5.95 Å². The fourth-order valence-corrected chi connectivity index (χ4v) is 6.29. The van der Waals surface area contributed by atoms with Gasteiger partial charge in [0.15, 0.2) is 28.1 Å². The second-order valence-corrected chi connectivity index (χ2v) is 12.4. The van der Waals surface area contributed by atoms with Crippen LogP contribution in [0.5, 0.6) is 5.75 Å². The Morgan fingerprint density at radius 1 is 1.33 bits per heavy atom. The summed E-state index contributed by atoms with van der Waals surface area (Å²) in [6.07, 6.45) is -5.57. The fourth-order valence-electron chi connectivity index (χ4n) is 4.49. The molecule has 0 radical (unpaired) electrons. The average molecular weight is 646 g/mol. The molecule has 3 aromatic rings. The average Bonchev–Trinajstić information content (AvgIpc) is 3.62. The molecule has 5 rings (SSSR count). The van der Waals surface area contributed by atoms with E-state index in [0.717, 1.165) is 17.4 Å². The van der Waals surface area contributed by atoms with Gasteiger partial charge in [-0.15, -0.1) is 11.6 Å². The van der Waals surface area contributed by atoms with Gasteiger partial charge in [0.25, 0.3) is 6.43 Å². The van der Waals surface area contributed by atoms with E-state index in [0.29, 0.717) is 5.82 Å². The SMILES string of the molecule is CCOC(=O)[C@H](C)N[P@@](=O)(OC[C@H]1O[C@@H](n2cnc3c(NC4CC4)nc(N)nc32)[C@@](Cl)(C(F)F)[C@@H]1O)Oc1ccccc1. The number of anilines is 2. The van der Waals surface area contributed by atoms with E-state index in [1.165, 1.54) is 25.4 Å². The van der Waals surface area contributed by atoms with Crippen LogP contribution in [0.1, 0.15) is 32.9 Å². The molecule has 14 nitrogen and oxygen atoms in total. The van der Waals surface area contributed by atoms with Crippen LogP contribution in [0.3, 0.4) is 0 Å². The van der Waals surface area contributed by atoms with Crippen molar-refractivity contribution in [2.75, 3.05) is 24.3 Å². The van der Waals surface area contributed by atoms with Crippen LogP contribution in [0.2, 0.25) is 0 Å². The lowest BCUT2D eigenvalue weighted by atomic mass is 9.99. The summed E-state index contributed by atoms with van der Waals surface area (Å²) >= 11 is 6.43. The molecular formula is C25H31ClF2N7O7P. The van der Waals surface area contributed by atoms with Crippen LogP contribution in [0.4, 0.5) is 20.5 Å². The number of esters is 1. The van der Waals surface area contributed by atoms with Crippen LogP contribution in [0.25, 0.3) is 11.2 Å². The van der Waals surface area contributed by atoms with Gasteiger partial charge in [-0.05, 0) is 38.8 Å². The van der Waals surface area contributed by atoms with Crippen molar-refractivity contribution in [1.82, 2.24) is 24.6 Å². The normalized spacial score (nSPS) is 25.9. The van der Waals surface area contributed by atoms with Gasteiger partial charge < -0.3 is 30.2 Å². The van der Waals surface area contributed by atoms with Crippen molar-refractivity contribution in [3.8, 4) is 5.75 Å². The van der Waals surface area contributed by atoms with Crippen molar-refractivity contribution in [3.05, 3.63) is 36.7 Å². The Morgan fingerprint density at radius 3 is 2.70 bits per heavy atom. The standard InChI is InChI=1S/C25H31ClF2N7O7P/c1-3-39-21(37)13(2)34-43(38,42-15-7-5-4-6-8-15)40-11-16-18(36)25(26,22(27)28)23(41-16)35-12-30-17-19(31-14-9-10-14)32-24(29)33-20(17)35/h4-8,12-14,16,18,22-23,36H,3,9-11H2,1-2H3,(H,34,38)(H3,29,31,32,33)/t13-,16+,18+,23+,25-,43+/m0/s1. The molecule has 1 saturated carbocycles. The van der Waals surface area contributed by atoms with Gasteiger partial charge in [-0.1, -0.05) is 18.2 Å². The van der Waals surface area contributed by atoms with E-state index in [1.54, 1.807) is 25.1 Å². The maximum Gasteiger partial charge on any atom is 0.459 e. The molecule has 0 spiro atoms. The summed E-state index contributed by atoms with van der Waals surface area (Å²) in [5, 5.41) is 16.7. The lowest BCUT2D eigenvalue weighted by Gasteiger charge is -2.29. The number of fused-ring (bicyclic) bond motifs is 1. The zero-order chi connectivity index (χ0) is 30.9. The van der Waals surface area contributed by atoms with Crippen LogP contribution in [0, 0.1) is 0 Å². The number of nitrogen functional groups attached to an aromatic ring is 1. The zero-order valence-corrected chi connectivity index (χ0v) is 24.8. The number of halogens is 3. The number of benzene rings is 1. The van der Waals surface area contributed by atoms with E-state index in [-0.39, 0.29) is 35.5 Å². The number of imidazole rings is 1. The summed E-state index contributed by atoms with van der Waals surface area (Å²) in [5.74, 6) is -0.437. The summed E-state index contributed by atoms with van der Waals surface area (Å²) in [7, 11) is -4.40. The second-order valence-electron chi connectivity index (χ2n) is 10.1. The molecule has 6 atom stereocenters. The minimum Gasteiger partial charge on any atom is -0.465 e. The van der Waals surface area contributed by atoms with Crippen molar-refractivity contribution >= 4 is 48.2 Å². The maximum absolute atomic E-state index is 14.6. The second kappa shape index (κ2) is 12.5. The van der Waals surface area contributed by atoms with Crippen molar-refractivity contribution < 1.29 is 41.8 Å². The first kappa shape index (κ1) is 31.3. The first-order chi connectivity index (χ1) is 20.4. The van der Waals surface area contributed by atoms with Gasteiger partial charge in [0.05, 0.1) is 19.5 Å². The van der Waals surface area contributed by atoms with E-state index in [9.17, 15) is 23.2 Å². The zero-order valence-electron chi connectivity index (χ0n) is 23.1. The molecule has 2 fully saturated rings. The summed E-state index contributed by atoms with van der Waals surface area (Å²) in [6, 6.07) is 6.95. The minimum absolute atomic E-state index is 0.0445. The highest BCUT2D eigenvalue weighted by molar-refractivity contribution is 7.52. The lowest BCUT2D eigenvalue weighted by molar-refractivity contribution is -0.144. The van der Waals surface area contributed by atoms with E-state index >= 15 is 0 Å². The third-order valence-electron chi connectivity index (χ3n) is 6.80. The Kier molecular flexibility index (Phi) is 9.07. The third-order valence-corrected chi connectivity index (χ3v) is 9.02. The van der Waals surface area contributed by atoms with E-state index in [4.69, 9.17) is 35.9 Å². The summed E-state index contributed by atoms with van der Waals surface area (Å²) in [5.41, 5.74) is 6.17. The highest BCUT2D eigenvalue weighted by Gasteiger charge is 2.62. The molecule has 1 saturated heterocycles. The quantitative estimate of drug-likeness (QED) is 0.121. The molecule has 1 aliphatic carbocycles. The van der Waals surface area contributed by atoms with Crippen molar-refractivity contribution in [2.45, 2.75) is 68.5 Å². The number of nitrogens with two attached hydrogens (primary N) is 1. The molecule has 43 heavy (non-hydrogen) atoms. The number of aromatic nitrogens is 4. The van der Waals surface area contributed by atoms with E-state index in [2.05, 4.69) is 25.4 Å². The fraction of sp³-hybridized carbons (Fsp3) is 0.520. The van der Waals surface area contributed by atoms with Gasteiger partial charge in [0, 0.05) is 6.04 Å². The number of alkyl halides is 3. The Morgan fingerprint density at radius 2 is 2.05 bits per heavy atom.